The number of thioether (sulfide) groups is 1. The Bertz CT molecular complexity index is 1450. The summed E-state index contributed by atoms with van der Waals surface area (Å²) in [6.45, 7) is 0.774. The Morgan fingerprint density at radius 2 is 1.61 bits per heavy atom. The van der Waals surface area contributed by atoms with Crippen molar-refractivity contribution in [2.75, 3.05) is 13.2 Å². The molecule has 7 heteroatoms. The highest BCUT2D eigenvalue weighted by molar-refractivity contribution is 8.18. The first-order valence-corrected chi connectivity index (χ1v) is 12.6. The number of fused-ring (bicyclic) bond motifs is 1. The van der Waals surface area contributed by atoms with Crippen LogP contribution < -0.4 is 9.47 Å². The molecule has 0 saturated carbocycles. The number of halogens is 1. The van der Waals surface area contributed by atoms with E-state index in [-0.39, 0.29) is 24.3 Å². The maximum atomic E-state index is 12.9. The molecule has 0 atom stereocenters. The summed E-state index contributed by atoms with van der Waals surface area (Å²) in [5.41, 5.74) is 1.75. The number of carbonyl (C=O) groups excluding carboxylic acids is 2. The number of rotatable bonds is 8. The van der Waals surface area contributed by atoms with Crippen molar-refractivity contribution in [1.29, 1.82) is 0 Å². The SMILES string of the molecule is O=C1S/C(=C\c2ccc(OCc3ccccc3)c(Cl)c2)C(=O)N1CCOc1cccc2ccccc12. The molecule has 4 aromatic carbocycles. The normalized spacial score (nSPS) is 14.6. The monoisotopic (exact) mass is 515 g/mol. The van der Waals surface area contributed by atoms with Gasteiger partial charge in [-0.15, -0.1) is 0 Å². The van der Waals surface area contributed by atoms with Crippen LogP contribution in [0, 0.1) is 0 Å². The van der Waals surface area contributed by atoms with Gasteiger partial charge in [-0.05, 0) is 52.6 Å². The van der Waals surface area contributed by atoms with E-state index in [0.717, 1.165) is 33.8 Å². The lowest BCUT2D eigenvalue weighted by Crippen LogP contribution is -2.32. The van der Waals surface area contributed by atoms with Crippen LogP contribution in [-0.2, 0) is 11.4 Å². The Morgan fingerprint density at radius 3 is 2.44 bits per heavy atom. The van der Waals surface area contributed by atoms with E-state index in [4.69, 9.17) is 21.1 Å². The zero-order chi connectivity index (χ0) is 24.9. The van der Waals surface area contributed by atoms with Crippen LogP contribution in [0.15, 0.2) is 95.9 Å². The van der Waals surface area contributed by atoms with E-state index < -0.39 is 0 Å². The average Bonchev–Trinajstić information content (AvgIpc) is 3.16. The summed E-state index contributed by atoms with van der Waals surface area (Å²) in [6, 6.07) is 28.8. The number of amides is 2. The molecule has 1 aliphatic rings. The molecular weight excluding hydrogens is 494 g/mol. The first-order valence-electron chi connectivity index (χ1n) is 11.4. The van der Waals surface area contributed by atoms with Crippen molar-refractivity contribution in [1.82, 2.24) is 4.90 Å². The lowest BCUT2D eigenvalue weighted by molar-refractivity contribution is -0.123. The van der Waals surface area contributed by atoms with E-state index in [1.807, 2.05) is 78.9 Å². The lowest BCUT2D eigenvalue weighted by Gasteiger charge is -2.14. The fraction of sp³-hybridized carbons (Fsp3) is 0.103. The van der Waals surface area contributed by atoms with Gasteiger partial charge >= 0.3 is 0 Å². The van der Waals surface area contributed by atoms with Crippen molar-refractivity contribution in [3.8, 4) is 11.5 Å². The number of hydrogen-bond donors (Lipinski definition) is 0. The highest BCUT2D eigenvalue weighted by Crippen LogP contribution is 2.34. The first-order chi connectivity index (χ1) is 17.6. The van der Waals surface area contributed by atoms with E-state index in [1.54, 1.807) is 18.2 Å². The second-order valence-corrected chi connectivity index (χ2v) is 9.52. The summed E-state index contributed by atoms with van der Waals surface area (Å²) in [5, 5.41) is 2.17. The minimum atomic E-state index is -0.341. The summed E-state index contributed by atoms with van der Waals surface area (Å²) in [4.78, 5) is 27.0. The molecule has 4 aromatic rings. The minimum absolute atomic E-state index is 0.165. The standard InChI is InChI=1S/C29H22ClNO4S/c30-24-17-21(13-14-26(24)35-19-20-7-2-1-3-8-20)18-27-28(32)31(29(33)36-27)15-16-34-25-12-6-10-22-9-4-5-11-23(22)25/h1-14,17-18H,15-16,19H2/b27-18-. The number of benzene rings is 4. The predicted molar refractivity (Wildman–Crippen MR) is 144 cm³/mol. The predicted octanol–water partition coefficient (Wildman–Crippen LogP) is 7.19. The van der Waals surface area contributed by atoms with Crippen molar-refractivity contribution in [2.24, 2.45) is 0 Å². The summed E-state index contributed by atoms with van der Waals surface area (Å²) < 4.78 is 11.7. The number of imide groups is 1. The number of carbonyl (C=O) groups is 2. The van der Waals surface area contributed by atoms with E-state index in [1.165, 1.54) is 4.90 Å². The van der Waals surface area contributed by atoms with Gasteiger partial charge in [-0.25, -0.2) is 0 Å². The Hall–Kier alpha value is -3.74. The van der Waals surface area contributed by atoms with Gasteiger partial charge in [0.15, 0.2) is 0 Å². The average molecular weight is 516 g/mol. The third-order valence-corrected chi connectivity index (χ3v) is 6.89. The second-order valence-electron chi connectivity index (χ2n) is 8.12. The zero-order valence-electron chi connectivity index (χ0n) is 19.2. The molecule has 1 heterocycles. The molecule has 0 aromatic heterocycles. The highest BCUT2D eigenvalue weighted by Gasteiger charge is 2.34. The maximum Gasteiger partial charge on any atom is 0.293 e. The molecule has 0 aliphatic carbocycles. The van der Waals surface area contributed by atoms with Gasteiger partial charge in [-0.3, -0.25) is 14.5 Å². The molecule has 0 bridgehead atoms. The van der Waals surface area contributed by atoms with Crippen molar-refractivity contribution >= 4 is 51.4 Å². The van der Waals surface area contributed by atoms with Crippen LogP contribution in [0.25, 0.3) is 16.8 Å². The van der Waals surface area contributed by atoms with Gasteiger partial charge in [0, 0.05) is 5.39 Å². The fourth-order valence-corrected chi connectivity index (χ4v) is 4.98. The fourth-order valence-electron chi connectivity index (χ4n) is 3.87. The van der Waals surface area contributed by atoms with Crippen LogP contribution in [0.4, 0.5) is 4.79 Å². The molecule has 1 aliphatic heterocycles. The van der Waals surface area contributed by atoms with Crippen molar-refractivity contribution in [3.63, 3.8) is 0 Å². The second kappa shape index (κ2) is 10.9. The van der Waals surface area contributed by atoms with Crippen molar-refractivity contribution < 1.29 is 19.1 Å². The molecule has 0 unspecified atom stereocenters. The van der Waals surface area contributed by atoms with Gasteiger partial charge in [0.05, 0.1) is 16.5 Å². The molecule has 0 radical (unpaired) electrons. The third kappa shape index (κ3) is 5.40. The van der Waals surface area contributed by atoms with E-state index in [2.05, 4.69) is 0 Å². The molecule has 5 nitrogen and oxygen atoms in total. The van der Waals surface area contributed by atoms with Gasteiger partial charge in [0.1, 0.15) is 24.7 Å². The van der Waals surface area contributed by atoms with Gasteiger partial charge in [-0.1, -0.05) is 84.4 Å². The number of nitrogens with zero attached hydrogens (tertiary/aromatic N) is 1. The highest BCUT2D eigenvalue weighted by atomic mass is 35.5. The van der Waals surface area contributed by atoms with Crippen LogP contribution in [0.2, 0.25) is 5.02 Å². The number of hydrogen-bond acceptors (Lipinski definition) is 5. The van der Waals surface area contributed by atoms with Crippen LogP contribution in [0.5, 0.6) is 11.5 Å². The maximum absolute atomic E-state index is 12.9. The van der Waals surface area contributed by atoms with Gasteiger partial charge in [0.25, 0.3) is 11.1 Å². The summed E-state index contributed by atoms with van der Waals surface area (Å²) in [5.74, 6) is 0.934. The van der Waals surface area contributed by atoms with Crippen LogP contribution in [0.1, 0.15) is 11.1 Å². The Morgan fingerprint density at radius 1 is 0.833 bits per heavy atom. The van der Waals surface area contributed by atoms with E-state index >= 15 is 0 Å². The molecule has 0 N–H and O–H groups in total. The van der Waals surface area contributed by atoms with Gasteiger partial charge in [-0.2, -0.15) is 0 Å². The lowest BCUT2D eigenvalue weighted by atomic mass is 10.1. The van der Waals surface area contributed by atoms with E-state index in [9.17, 15) is 9.59 Å². The Labute approximate surface area is 218 Å². The van der Waals surface area contributed by atoms with Gasteiger partial charge in [0.2, 0.25) is 0 Å². The van der Waals surface area contributed by atoms with Crippen molar-refractivity contribution in [2.45, 2.75) is 6.61 Å². The van der Waals surface area contributed by atoms with Crippen LogP contribution >= 0.6 is 23.4 Å². The van der Waals surface area contributed by atoms with Gasteiger partial charge < -0.3 is 9.47 Å². The Balaban J connectivity index is 1.21. The zero-order valence-corrected chi connectivity index (χ0v) is 20.8. The first kappa shape index (κ1) is 24.0. The summed E-state index contributed by atoms with van der Waals surface area (Å²) >= 11 is 7.31. The molecule has 36 heavy (non-hydrogen) atoms. The molecule has 1 saturated heterocycles. The quantitative estimate of drug-likeness (QED) is 0.232. The topological polar surface area (TPSA) is 55.8 Å². The van der Waals surface area contributed by atoms with Crippen molar-refractivity contribution in [3.05, 3.63) is 112 Å². The third-order valence-electron chi connectivity index (χ3n) is 5.69. The molecule has 0 spiro atoms. The minimum Gasteiger partial charge on any atom is -0.491 e. The van der Waals surface area contributed by atoms with Crippen LogP contribution in [-0.4, -0.2) is 29.2 Å². The largest absolute Gasteiger partial charge is 0.491 e. The molecular formula is C29H22ClNO4S. The molecule has 2 amide bonds. The molecule has 180 valence electrons. The summed E-state index contributed by atoms with van der Waals surface area (Å²) in [6.07, 6.45) is 1.67. The smallest absolute Gasteiger partial charge is 0.293 e. The molecule has 1 fully saturated rings. The molecule has 5 rings (SSSR count). The summed E-state index contributed by atoms with van der Waals surface area (Å²) in [7, 11) is 0. The Kier molecular flexibility index (Phi) is 7.26. The van der Waals surface area contributed by atoms with Crippen LogP contribution in [0.3, 0.4) is 0 Å². The number of ether oxygens (including phenoxy) is 2. The van der Waals surface area contributed by atoms with E-state index in [0.29, 0.717) is 27.8 Å².